The number of rotatable bonds is 0. The van der Waals surface area contributed by atoms with E-state index in [2.05, 4.69) is 0 Å². The summed E-state index contributed by atoms with van der Waals surface area (Å²) in [4.78, 5) is 0. The third kappa shape index (κ3) is 0.839. The molecular formula is C3H5OSe. The van der Waals surface area contributed by atoms with E-state index in [0.29, 0.717) is 0 Å². The van der Waals surface area contributed by atoms with Crippen LogP contribution in [0.4, 0.5) is 0 Å². The van der Waals surface area contributed by atoms with E-state index in [4.69, 9.17) is 4.74 Å². The van der Waals surface area contributed by atoms with E-state index < -0.39 is 0 Å². The summed E-state index contributed by atoms with van der Waals surface area (Å²) in [5.74, 6) is 0. The molecule has 0 unspecified atom stereocenters. The predicted molar refractivity (Wildman–Crippen MR) is 22.6 cm³/mol. The fourth-order valence-electron chi connectivity index (χ4n) is 0.241. The molecule has 1 aliphatic rings. The molecule has 1 radical (unpaired) electrons. The molecule has 0 aromatic carbocycles. The van der Waals surface area contributed by atoms with Gasteiger partial charge in [-0.3, -0.25) is 0 Å². The molecule has 1 aliphatic heterocycles. The SMILES string of the molecule is C1=[Se]CCO1. The van der Waals surface area contributed by atoms with Crippen LogP contribution in [0.2, 0.25) is 5.32 Å². The van der Waals surface area contributed by atoms with Crippen molar-refractivity contribution in [2.45, 2.75) is 5.32 Å². The average molecular weight is 136 g/mol. The maximum atomic E-state index is 4.85. The van der Waals surface area contributed by atoms with E-state index in [9.17, 15) is 0 Å². The van der Waals surface area contributed by atoms with Crippen LogP contribution in [0.1, 0.15) is 0 Å². The van der Waals surface area contributed by atoms with Crippen LogP contribution in [-0.4, -0.2) is 26.2 Å². The first-order valence-corrected chi connectivity index (χ1v) is 3.75. The van der Waals surface area contributed by atoms with Crippen molar-refractivity contribution < 1.29 is 4.74 Å². The molecule has 5 heavy (non-hydrogen) atoms. The van der Waals surface area contributed by atoms with Crippen LogP contribution in [0.15, 0.2) is 0 Å². The Kier molecular flexibility index (Phi) is 1.21. The van der Waals surface area contributed by atoms with Gasteiger partial charge in [0, 0.05) is 0 Å². The van der Waals surface area contributed by atoms with E-state index in [-0.39, 0.29) is 0 Å². The van der Waals surface area contributed by atoms with Gasteiger partial charge in [-0.05, 0) is 0 Å². The summed E-state index contributed by atoms with van der Waals surface area (Å²) in [7, 11) is 0. The van der Waals surface area contributed by atoms with Crippen LogP contribution in [0.25, 0.3) is 0 Å². The molecule has 0 saturated carbocycles. The molecule has 0 aromatic heterocycles. The molecule has 1 nitrogen and oxygen atoms in total. The van der Waals surface area contributed by atoms with Gasteiger partial charge in [-0.2, -0.15) is 0 Å². The zero-order valence-electron chi connectivity index (χ0n) is 2.81. The molecule has 0 fully saturated rings. The molecule has 1 heterocycles. The molecule has 0 amide bonds. The van der Waals surface area contributed by atoms with E-state index in [0.717, 1.165) is 21.1 Å². The van der Waals surface area contributed by atoms with Crippen molar-refractivity contribution in [1.82, 2.24) is 0 Å². The maximum absolute atomic E-state index is 4.85. The van der Waals surface area contributed by atoms with Crippen LogP contribution in [-0.2, 0) is 4.74 Å². The topological polar surface area (TPSA) is 9.23 Å². The Morgan fingerprint density at radius 3 is 3.00 bits per heavy atom. The van der Waals surface area contributed by atoms with Gasteiger partial charge in [-0.15, -0.1) is 0 Å². The van der Waals surface area contributed by atoms with Crippen LogP contribution < -0.4 is 0 Å². The number of hydrogen-bond donors (Lipinski definition) is 0. The third-order valence-corrected chi connectivity index (χ3v) is 1.87. The first-order valence-electron chi connectivity index (χ1n) is 1.55. The molecule has 29 valence electrons. The second kappa shape index (κ2) is 1.71. The minimum absolute atomic E-state index is 0.722. The molecule has 0 spiro atoms. The molecule has 2 heteroatoms. The van der Waals surface area contributed by atoms with Gasteiger partial charge in [0.1, 0.15) is 0 Å². The van der Waals surface area contributed by atoms with Gasteiger partial charge in [0.25, 0.3) is 0 Å². The van der Waals surface area contributed by atoms with Crippen LogP contribution >= 0.6 is 0 Å². The Bertz CT molecular complexity index is 44.9. The van der Waals surface area contributed by atoms with Crippen molar-refractivity contribution in [2.24, 2.45) is 0 Å². The second-order valence-electron chi connectivity index (χ2n) is 0.838. The molecule has 0 N–H and O–H groups in total. The fourth-order valence-corrected chi connectivity index (χ4v) is 1.25. The summed E-state index contributed by atoms with van der Waals surface area (Å²) >= 11 is 0.722. The van der Waals surface area contributed by atoms with Gasteiger partial charge in [0.15, 0.2) is 0 Å². The van der Waals surface area contributed by atoms with Gasteiger partial charge in [-0.25, -0.2) is 0 Å². The first-order chi connectivity index (χ1) is 2.50. The molecule has 0 bridgehead atoms. The quantitative estimate of drug-likeness (QED) is 0.422. The fraction of sp³-hybridized carbons (Fsp3) is 0.667. The minimum atomic E-state index is 0.722. The number of hydrogen-bond acceptors (Lipinski definition) is 1. The van der Waals surface area contributed by atoms with Crippen molar-refractivity contribution in [1.29, 1.82) is 0 Å². The molecular weight excluding hydrogens is 131 g/mol. The van der Waals surface area contributed by atoms with Crippen molar-refractivity contribution in [3.63, 3.8) is 0 Å². The van der Waals surface area contributed by atoms with E-state index in [1.807, 2.05) is 5.11 Å². The third-order valence-electron chi connectivity index (χ3n) is 0.455. The second-order valence-corrected chi connectivity index (χ2v) is 2.80. The summed E-state index contributed by atoms with van der Waals surface area (Å²) < 4.78 is 4.85. The summed E-state index contributed by atoms with van der Waals surface area (Å²) in [5.41, 5.74) is 0. The van der Waals surface area contributed by atoms with Gasteiger partial charge in [-0.1, -0.05) is 0 Å². The molecule has 0 aromatic rings. The predicted octanol–water partition coefficient (Wildman–Crippen LogP) is -0.101. The summed E-state index contributed by atoms with van der Waals surface area (Å²) in [6.45, 7) is 0.972. The zero-order chi connectivity index (χ0) is 3.54. The zero-order valence-corrected chi connectivity index (χ0v) is 4.52. The molecule has 1 rings (SSSR count). The van der Waals surface area contributed by atoms with Crippen molar-refractivity contribution in [2.75, 3.05) is 6.61 Å². The molecule has 0 aliphatic carbocycles. The Balaban J connectivity index is 2.32. The van der Waals surface area contributed by atoms with Crippen LogP contribution in [0, 0.1) is 0 Å². The Hall–Kier alpha value is 0.349. The Morgan fingerprint density at radius 2 is 2.80 bits per heavy atom. The first kappa shape index (κ1) is 3.54. The van der Waals surface area contributed by atoms with Crippen molar-refractivity contribution in [3.05, 3.63) is 0 Å². The van der Waals surface area contributed by atoms with E-state index in [1.165, 1.54) is 5.32 Å². The van der Waals surface area contributed by atoms with Crippen molar-refractivity contribution >= 4 is 19.6 Å². The van der Waals surface area contributed by atoms with Crippen LogP contribution in [0.5, 0.6) is 0 Å². The van der Waals surface area contributed by atoms with E-state index in [1.54, 1.807) is 0 Å². The summed E-state index contributed by atoms with van der Waals surface area (Å²) in [6.07, 6.45) is 0. The summed E-state index contributed by atoms with van der Waals surface area (Å²) in [6, 6.07) is 0. The van der Waals surface area contributed by atoms with Gasteiger partial charge in [0.05, 0.1) is 0 Å². The Morgan fingerprint density at radius 1 is 1.80 bits per heavy atom. The Labute approximate surface area is 37.0 Å². The normalized spacial score (nSPS) is 20.8. The molecule has 0 atom stereocenters. The van der Waals surface area contributed by atoms with E-state index >= 15 is 0 Å². The van der Waals surface area contributed by atoms with Gasteiger partial charge < -0.3 is 0 Å². The van der Waals surface area contributed by atoms with Crippen molar-refractivity contribution in [3.8, 4) is 0 Å². The summed E-state index contributed by atoms with van der Waals surface area (Å²) in [5, 5.41) is 3.21. The standard InChI is InChI=1S/C3H5OSe/c1-2-5-3-4-1/h3H,1-2H2. The van der Waals surface area contributed by atoms with Crippen LogP contribution in [0.3, 0.4) is 0 Å². The number of ether oxygens (including phenoxy) is 1. The monoisotopic (exact) mass is 137 g/mol. The average Bonchev–Trinajstić information content (AvgIpc) is 1.76. The van der Waals surface area contributed by atoms with Gasteiger partial charge in [0.2, 0.25) is 0 Å². The van der Waals surface area contributed by atoms with Gasteiger partial charge >= 0.3 is 36.3 Å². The molecule has 0 saturated heterocycles.